The second kappa shape index (κ2) is 7.47. The van der Waals surface area contributed by atoms with Crippen LogP contribution in [0.2, 0.25) is 0 Å². The first-order valence-corrected chi connectivity index (χ1v) is 9.28. The Labute approximate surface area is 146 Å². The highest BCUT2D eigenvalue weighted by Gasteiger charge is 2.31. The van der Waals surface area contributed by atoms with Gasteiger partial charge in [0.1, 0.15) is 0 Å². The topological polar surface area (TPSA) is 40.6 Å². The minimum atomic E-state index is 0.0568. The van der Waals surface area contributed by atoms with E-state index in [2.05, 4.69) is 15.9 Å². The van der Waals surface area contributed by atoms with Gasteiger partial charge in [-0.1, -0.05) is 12.1 Å². The summed E-state index contributed by atoms with van der Waals surface area (Å²) in [5.74, 6) is 0.454. The molecule has 0 unspecified atom stereocenters. The van der Waals surface area contributed by atoms with Crippen LogP contribution in [0, 0.1) is 5.92 Å². The number of hydrogen-bond acceptors (Lipinski definition) is 2. The van der Waals surface area contributed by atoms with E-state index in [1.165, 1.54) is 6.42 Å². The number of piperidine rings is 2. The molecular weight excluding hydrogens is 356 g/mol. The minimum absolute atomic E-state index is 0.0568. The second-order valence-electron chi connectivity index (χ2n) is 6.43. The van der Waals surface area contributed by atoms with Crippen molar-refractivity contribution in [3.05, 3.63) is 34.3 Å². The summed E-state index contributed by atoms with van der Waals surface area (Å²) < 4.78 is 0.830. The lowest BCUT2D eigenvalue weighted by molar-refractivity contribution is -0.137. The fraction of sp³-hybridized carbons (Fsp3) is 0.556. The lowest BCUT2D eigenvalue weighted by atomic mass is 9.94. The van der Waals surface area contributed by atoms with Gasteiger partial charge in [0.25, 0.3) is 5.91 Å². The summed E-state index contributed by atoms with van der Waals surface area (Å²) in [7, 11) is 0. The molecule has 2 aliphatic heterocycles. The highest BCUT2D eigenvalue weighted by Crippen LogP contribution is 2.24. The van der Waals surface area contributed by atoms with Crippen LogP contribution >= 0.6 is 15.9 Å². The van der Waals surface area contributed by atoms with E-state index in [1.54, 1.807) is 0 Å². The summed E-state index contributed by atoms with van der Waals surface area (Å²) in [6.45, 7) is 3.17. The van der Waals surface area contributed by atoms with Crippen LogP contribution in [-0.2, 0) is 4.79 Å². The first-order chi connectivity index (χ1) is 11.2. The Kier molecular flexibility index (Phi) is 5.36. The number of likely N-dealkylation sites (tertiary alicyclic amines) is 2. The van der Waals surface area contributed by atoms with Crippen LogP contribution in [0.4, 0.5) is 0 Å². The summed E-state index contributed by atoms with van der Waals surface area (Å²) in [6, 6.07) is 7.52. The molecule has 124 valence electrons. The molecule has 0 bridgehead atoms. The normalized spacial score (nSPS) is 19.7. The lowest BCUT2D eigenvalue weighted by Gasteiger charge is -2.35. The average molecular weight is 379 g/mol. The Morgan fingerprint density at radius 1 is 0.913 bits per heavy atom. The maximum Gasteiger partial charge on any atom is 0.254 e. The van der Waals surface area contributed by atoms with Crippen molar-refractivity contribution in [2.75, 3.05) is 26.2 Å². The summed E-state index contributed by atoms with van der Waals surface area (Å²) in [5.41, 5.74) is 0.702. The first-order valence-electron chi connectivity index (χ1n) is 8.49. The van der Waals surface area contributed by atoms with Gasteiger partial charge in [0.05, 0.1) is 5.56 Å². The minimum Gasteiger partial charge on any atom is -0.342 e. The van der Waals surface area contributed by atoms with Crippen LogP contribution < -0.4 is 0 Å². The smallest absolute Gasteiger partial charge is 0.254 e. The molecule has 2 fully saturated rings. The molecule has 0 aliphatic carbocycles. The standard InChI is InChI=1S/C18H23BrN2O2/c19-16-7-3-2-6-15(16)18(23)21-12-8-14(9-13-21)17(22)20-10-4-1-5-11-20/h2-3,6-7,14H,1,4-5,8-13H2. The van der Waals surface area contributed by atoms with Crippen molar-refractivity contribution in [2.45, 2.75) is 32.1 Å². The van der Waals surface area contributed by atoms with Crippen molar-refractivity contribution in [3.63, 3.8) is 0 Å². The molecule has 0 N–H and O–H groups in total. The van der Waals surface area contributed by atoms with Gasteiger partial charge in [0.2, 0.25) is 5.91 Å². The molecule has 3 rings (SSSR count). The molecule has 4 nitrogen and oxygen atoms in total. The number of benzene rings is 1. The Morgan fingerprint density at radius 3 is 2.22 bits per heavy atom. The van der Waals surface area contributed by atoms with Crippen LogP contribution in [0.15, 0.2) is 28.7 Å². The van der Waals surface area contributed by atoms with E-state index in [4.69, 9.17) is 0 Å². The van der Waals surface area contributed by atoms with Crippen LogP contribution in [0.1, 0.15) is 42.5 Å². The van der Waals surface area contributed by atoms with Crippen molar-refractivity contribution >= 4 is 27.7 Å². The van der Waals surface area contributed by atoms with Crippen molar-refractivity contribution in [3.8, 4) is 0 Å². The van der Waals surface area contributed by atoms with E-state index >= 15 is 0 Å². The number of carbonyl (C=O) groups excluding carboxylic acids is 2. The molecule has 1 aromatic rings. The molecule has 23 heavy (non-hydrogen) atoms. The highest BCUT2D eigenvalue weighted by molar-refractivity contribution is 9.10. The zero-order chi connectivity index (χ0) is 16.2. The predicted molar refractivity (Wildman–Crippen MR) is 93.2 cm³/mol. The quantitative estimate of drug-likeness (QED) is 0.791. The SMILES string of the molecule is O=C(c1ccccc1Br)N1CCC(C(=O)N2CCCCC2)CC1. The lowest BCUT2D eigenvalue weighted by Crippen LogP contribution is -2.45. The summed E-state index contributed by atoms with van der Waals surface area (Å²) in [5, 5.41) is 0. The van der Waals surface area contributed by atoms with E-state index in [1.807, 2.05) is 34.1 Å². The number of hydrogen-bond donors (Lipinski definition) is 0. The van der Waals surface area contributed by atoms with Gasteiger partial charge in [0, 0.05) is 36.6 Å². The third kappa shape index (κ3) is 3.77. The number of nitrogens with zero attached hydrogens (tertiary/aromatic N) is 2. The monoisotopic (exact) mass is 378 g/mol. The molecule has 2 saturated heterocycles. The van der Waals surface area contributed by atoms with Crippen molar-refractivity contribution in [1.82, 2.24) is 9.80 Å². The number of carbonyl (C=O) groups is 2. The number of amides is 2. The van der Waals surface area contributed by atoms with Gasteiger partial charge in [-0.25, -0.2) is 0 Å². The second-order valence-corrected chi connectivity index (χ2v) is 7.29. The van der Waals surface area contributed by atoms with Crippen LogP contribution in [0.5, 0.6) is 0 Å². The van der Waals surface area contributed by atoms with Crippen molar-refractivity contribution in [2.24, 2.45) is 5.92 Å². The van der Waals surface area contributed by atoms with E-state index < -0.39 is 0 Å². The van der Waals surface area contributed by atoms with Gasteiger partial charge in [-0.3, -0.25) is 9.59 Å². The maximum atomic E-state index is 12.6. The molecule has 2 amide bonds. The molecule has 0 aromatic heterocycles. The molecule has 2 aliphatic rings. The molecule has 2 heterocycles. The van der Waals surface area contributed by atoms with Crippen LogP contribution in [-0.4, -0.2) is 47.8 Å². The fourth-order valence-corrected chi connectivity index (χ4v) is 3.96. The van der Waals surface area contributed by atoms with E-state index in [0.29, 0.717) is 24.6 Å². The molecule has 5 heteroatoms. The Balaban J connectivity index is 1.57. The third-order valence-electron chi connectivity index (χ3n) is 4.90. The van der Waals surface area contributed by atoms with Gasteiger partial charge in [-0.15, -0.1) is 0 Å². The number of rotatable bonds is 2. The largest absolute Gasteiger partial charge is 0.342 e. The Morgan fingerprint density at radius 2 is 1.57 bits per heavy atom. The highest BCUT2D eigenvalue weighted by atomic mass is 79.9. The van der Waals surface area contributed by atoms with Crippen LogP contribution in [0.3, 0.4) is 0 Å². The van der Waals surface area contributed by atoms with E-state index in [9.17, 15) is 9.59 Å². The Bertz CT molecular complexity index is 576. The van der Waals surface area contributed by atoms with Gasteiger partial charge in [-0.05, 0) is 60.2 Å². The van der Waals surface area contributed by atoms with Gasteiger partial charge >= 0.3 is 0 Å². The van der Waals surface area contributed by atoms with Gasteiger partial charge in [0.15, 0.2) is 0 Å². The summed E-state index contributed by atoms with van der Waals surface area (Å²) in [6.07, 6.45) is 5.07. The van der Waals surface area contributed by atoms with Crippen LogP contribution in [0.25, 0.3) is 0 Å². The zero-order valence-corrected chi connectivity index (χ0v) is 14.9. The molecule has 0 atom stereocenters. The molecular formula is C18H23BrN2O2. The molecule has 0 saturated carbocycles. The predicted octanol–water partition coefficient (Wildman–Crippen LogP) is 3.31. The molecule has 0 spiro atoms. The third-order valence-corrected chi connectivity index (χ3v) is 5.59. The zero-order valence-electron chi connectivity index (χ0n) is 13.3. The average Bonchev–Trinajstić information content (AvgIpc) is 2.62. The van der Waals surface area contributed by atoms with Gasteiger partial charge in [-0.2, -0.15) is 0 Å². The molecule has 0 radical (unpaired) electrons. The van der Waals surface area contributed by atoms with Crippen molar-refractivity contribution < 1.29 is 9.59 Å². The van der Waals surface area contributed by atoms with Crippen molar-refractivity contribution in [1.29, 1.82) is 0 Å². The molecule has 1 aromatic carbocycles. The van der Waals surface area contributed by atoms with E-state index in [-0.39, 0.29) is 11.8 Å². The maximum absolute atomic E-state index is 12.6. The summed E-state index contributed by atoms with van der Waals surface area (Å²) in [4.78, 5) is 29.1. The van der Waals surface area contributed by atoms with Gasteiger partial charge < -0.3 is 9.80 Å². The number of halogens is 1. The first kappa shape index (κ1) is 16.5. The Hall–Kier alpha value is -1.36. The van der Waals surface area contributed by atoms with E-state index in [0.717, 1.165) is 43.2 Å². The fourth-order valence-electron chi connectivity index (χ4n) is 3.51. The summed E-state index contributed by atoms with van der Waals surface area (Å²) >= 11 is 3.44.